The summed E-state index contributed by atoms with van der Waals surface area (Å²) in [5.74, 6) is 5.47. The molecule has 0 aromatic heterocycles. The van der Waals surface area contributed by atoms with Crippen LogP contribution in [0.2, 0.25) is 0 Å². The van der Waals surface area contributed by atoms with Crippen molar-refractivity contribution in [1.29, 1.82) is 0 Å². The largest absolute Gasteiger partial charge is 0.444 e. The molecule has 1 amide bonds. The van der Waals surface area contributed by atoms with Crippen LogP contribution >= 0.6 is 0 Å². The van der Waals surface area contributed by atoms with Crippen molar-refractivity contribution in [3.05, 3.63) is 11.6 Å². The van der Waals surface area contributed by atoms with Crippen LogP contribution in [0, 0.1) is 0 Å². The highest BCUT2D eigenvalue weighted by molar-refractivity contribution is 5.68. The summed E-state index contributed by atoms with van der Waals surface area (Å²) in [6.07, 6.45) is 1.52. The van der Waals surface area contributed by atoms with Gasteiger partial charge in [0.15, 0.2) is 0 Å². The fourth-order valence-corrected chi connectivity index (χ4v) is 1.43. The first-order valence-corrected chi connectivity index (χ1v) is 5.79. The van der Waals surface area contributed by atoms with Gasteiger partial charge in [0.25, 0.3) is 0 Å². The van der Waals surface area contributed by atoms with Crippen LogP contribution in [0.5, 0.6) is 0 Å². The Morgan fingerprint density at radius 1 is 1.41 bits per heavy atom. The highest BCUT2D eigenvalue weighted by Gasteiger charge is 2.22. The Bertz CT molecular complexity index is 282. The van der Waals surface area contributed by atoms with Crippen LogP contribution in [0.3, 0.4) is 0 Å². The quantitative estimate of drug-likeness (QED) is 0.399. The highest BCUT2D eigenvalue weighted by atomic mass is 16.6. The van der Waals surface area contributed by atoms with Crippen molar-refractivity contribution in [3.63, 3.8) is 0 Å². The zero-order valence-corrected chi connectivity index (χ0v) is 11.6. The SMILES string of the molecule is C/C=C(/C)C(NN)[C@H](C)NC(=O)OC(C)(C)C. The molecule has 0 aliphatic heterocycles. The number of hydrogen-bond donors (Lipinski definition) is 3. The predicted molar refractivity (Wildman–Crippen MR) is 69.4 cm³/mol. The van der Waals surface area contributed by atoms with Gasteiger partial charge in [0.2, 0.25) is 0 Å². The lowest BCUT2D eigenvalue weighted by molar-refractivity contribution is 0.0501. The van der Waals surface area contributed by atoms with E-state index in [9.17, 15) is 4.79 Å². The summed E-state index contributed by atoms with van der Waals surface area (Å²) in [4.78, 5) is 11.6. The smallest absolute Gasteiger partial charge is 0.407 e. The number of hydrazine groups is 1. The molecule has 1 unspecified atom stereocenters. The summed E-state index contributed by atoms with van der Waals surface area (Å²) in [5.41, 5.74) is 3.25. The number of carbonyl (C=O) groups excluding carboxylic acids is 1. The van der Waals surface area contributed by atoms with E-state index in [4.69, 9.17) is 10.6 Å². The molecule has 0 spiro atoms. The summed E-state index contributed by atoms with van der Waals surface area (Å²) in [6.45, 7) is 11.2. The van der Waals surface area contributed by atoms with Crippen molar-refractivity contribution in [2.24, 2.45) is 5.84 Å². The topological polar surface area (TPSA) is 76.4 Å². The summed E-state index contributed by atoms with van der Waals surface area (Å²) >= 11 is 0. The molecule has 0 radical (unpaired) electrons. The molecule has 17 heavy (non-hydrogen) atoms. The van der Waals surface area contributed by atoms with Gasteiger partial charge in [0.05, 0.1) is 6.04 Å². The van der Waals surface area contributed by atoms with Crippen molar-refractivity contribution in [3.8, 4) is 0 Å². The maximum Gasteiger partial charge on any atom is 0.407 e. The number of nitrogens with one attached hydrogen (secondary N) is 2. The van der Waals surface area contributed by atoms with Gasteiger partial charge in [-0.2, -0.15) is 0 Å². The molecule has 2 atom stereocenters. The standard InChI is InChI=1S/C12H25N3O2/c1-7-8(2)10(15-13)9(3)14-11(16)17-12(4,5)6/h7,9-10,15H,13H2,1-6H3,(H,14,16)/b8-7-/t9-,10?/m0/s1. The van der Waals surface area contributed by atoms with Gasteiger partial charge < -0.3 is 10.1 Å². The maximum absolute atomic E-state index is 11.6. The van der Waals surface area contributed by atoms with Gasteiger partial charge in [0, 0.05) is 6.04 Å². The maximum atomic E-state index is 11.6. The van der Waals surface area contributed by atoms with Crippen LogP contribution in [0.25, 0.3) is 0 Å². The van der Waals surface area contributed by atoms with E-state index >= 15 is 0 Å². The fourth-order valence-electron chi connectivity index (χ4n) is 1.43. The second-order valence-corrected chi connectivity index (χ2v) is 5.11. The first-order valence-electron chi connectivity index (χ1n) is 5.79. The Labute approximate surface area is 104 Å². The van der Waals surface area contributed by atoms with E-state index in [0.29, 0.717) is 0 Å². The molecule has 100 valence electrons. The third-order valence-corrected chi connectivity index (χ3v) is 2.37. The normalized spacial score (nSPS) is 16.3. The lowest BCUT2D eigenvalue weighted by atomic mass is 10.0. The van der Waals surface area contributed by atoms with Gasteiger partial charge in [-0.15, -0.1) is 0 Å². The van der Waals surface area contributed by atoms with Crippen molar-refractivity contribution in [1.82, 2.24) is 10.7 Å². The Morgan fingerprint density at radius 2 is 1.94 bits per heavy atom. The average Bonchev–Trinajstić information content (AvgIpc) is 2.15. The average molecular weight is 243 g/mol. The van der Waals surface area contributed by atoms with Gasteiger partial charge in [0.1, 0.15) is 5.60 Å². The molecule has 0 saturated heterocycles. The van der Waals surface area contributed by atoms with Crippen LogP contribution in [-0.2, 0) is 4.74 Å². The lowest BCUT2D eigenvalue weighted by Crippen LogP contribution is -2.52. The summed E-state index contributed by atoms with van der Waals surface area (Å²) in [5, 5.41) is 2.76. The number of alkyl carbamates (subject to hydrolysis) is 1. The van der Waals surface area contributed by atoms with Crippen LogP contribution in [0.15, 0.2) is 11.6 Å². The minimum Gasteiger partial charge on any atom is -0.444 e. The van der Waals surface area contributed by atoms with E-state index < -0.39 is 11.7 Å². The minimum absolute atomic E-state index is 0.104. The molecule has 0 saturated carbocycles. The number of amides is 1. The summed E-state index contributed by atoms with van der Waals surface area (Å²) < 4.78 is 5.18. The Balaban J connectivity index is 4.42. The molecule has 0 rings (SSSR count). The Morgan fingerprint density at radius 3 is 2.29 bits per heavy atom. The third-order valence-electron chi connectivity index (χ3n) is 2.37. The van der Waals surface area contributed by atoms with Gasteiger partial charge >= 0.3 is 6.09 Å². The monoisotopic (exact) mass is 243 g/mol. The molecule has 0 heterocycles. The highest BCUT2D eigenvalue weighted by Crippen LogP contribution is 2.09. The molecule has 0 aliphatic rings. The molecule has 0 bridgehead atoms. The van der Waals surface area contributed by atoms with Crippen LogP contribution in [0.1, 0.15) is 41.5 Å². The van der Waals surface area contributed by atoms with E-state index in [0.717, 1.165) is 5.57 Å². The summed E-state index contributed by atoms with van der Waals surface area (Å²) in [6, 6.07) is -0.251. The van der Waals surface area contributed by atoms with Gasteiger partial charge in [-0.25, -0.2) is 4.79 Å². The van der Waals surface area contributed by atoms with E-state index in [1.54, 1.807) is 0 Å². The molecule has 0 aliphatic carbocycles. The van der Waals surface area contributed by atoms with Crippen molar-refractivity contribution in [2.75, 3.05) is 0 Å². The molecule has 0 fully saturated rings. The predicted octanol–water partition coefficient (Wildman–Crippen LogP) is 1.70. The van der Waals surface area contributed by atoms with Crippen molar-refractivity contribution in [2.45, 2.75) is 59.2 Å². The Kier molecular flexibility index (Phi) is 6.20. The van der Waals surface area contributed by atoms with Crippen LogP contribution < -0.4 is 16.6 Å². The number of rotatable bonds is 4. The van der Waals surface area contributed by atoms with Crippen LogP contribution in [-0.4, -0.2) is 23.8 Å². The zero-order valence-electron chi connectivity index (χ0n) is 11.6. The Hall–Kier alpha value is -1.07. The van der Waals surface area contributed by atoms with Crippen molar-refractivity contribution >= 4 is 6.09 Å². The molecular weight excluding hydrogens is 218 g/mol. The molecular formula is C12H25N3O2. The zero-order chi connectivity index (χ0) is 13.6. The van der Waals surface area contributed by atoms with Gasteiger partial charge in [-0.3, -0.25) is 11.3 Å². The molecule has 4 N–H and O–H groups in total. The number of ether oxygens (including phenoxy) is 1. The molecule has 5 nitrogen and oxygen atoms in total. The number of hydrogen-bond acceptors (Lipinski definition) is 4. The van der Waals surface area contributed by atoms with Crippen molar-refractivity contribution < 1.29 is 9.53 Å². The third kappa shape index (κ3) is 6.28. The molecule has 0 aromatic rings. The molecule has 0 aromatic carbocycles. The first-order chi connectivity index (χ1) is 7.71. The van der Waals surface area contributed by atoms with Gasteiger partial charge in [-0.05, 0) is 41.5 Å². The number of allylic oxidation sites excluding steroid dienone is 1. The molecule has 5 heteroatoms. The van der Waals surface area contributed by atoms with Crippen LogP contribution in [0.4, 0.5) is 4.79 Å². The second kappa shape index (κ2) is 6.61. The summed E-state index contributed by atoms with van der Waals surface area (Å²) in [7, 11) is 0. The number of nitrogens with two attached hydrogens (primary N) is 1. The fraction of sp³-hybridized carbons (Fsp3) is 0.750. The second-order valence-electron chi connectivity index (χ2n) is 5.11. The van der Waals surface area contributed by atoms with Gasteiger partial charge in [-0.1, -0.05) is 11.6 Å². The van der Waals surface area contributed by atoms with E-state index in [2.05, 4.69) is 10.7 Å². The van der Waals surface area contributed by atoms with E-state index in [1.807, 2.05) is 47.6 Å². The number of carbonyl (C=O) groups is 1. The minimum atomic E-state index is -0.495. The van der Waals surface area contributed by atoms with E-state index in [-0.39, 0.29) is 12.1 Å². The lowest BCUT2D eigenvalue weighted by Gasteiger charge is -2.27. The first kappa shape index (κ1) is 15.9. The van der Waals surface area contributed by atoms with E-state index in [1.165, 1.54) is 0 Å².